The summed E-state index contributed by atoms with van der Waals surface area (Å²) in [5.74, 6) is -0.672. The molecule has 0 amide bonds. The molecule has 1 saturated carbocycles. The third kappa shape index (κ3) is 1.42. The molecule has 0 unspecified atom stereocenters. The van der Waals surface area contributed by atoms with Crippen LogP contribution in [0, 0.1) is 0 Å². The number of carbonyl (C=O) groups excluding carboxylic acids is 1. The largest absolute Gasteiger partial charge is 0.504 e. The number of hydrogen-bond acceptors (Lipinski definition) is 4. The summed E-state index contributed by atoms with van der Waals surface area (Å²) in [6.45, 7) is 0. The second kappa shape index (κ2) is 3.15. The van der Waals surface area contributed by atoms with E-state index in [1.807, 2.05) is 0 Å². The van der Waals surface area contributed by atoms with E-state index in [2.05, 4.69) is 0 Å². The molecule has 0 saturated heterocycles. The van der Waals surface area contributed by atoms with Crippen molar-refractivity contribution < 1.29 is 19.7 Å². The van der Waals surface area contributed by atoms with E-state index in [0.29, 0.717) is 5.56 Å². The van der Waals surface area contributed by atoms with Gasteiger partial charge in [-0.15, -0.1) is 0 Å². The first-order valence-corrected chi connectivity index (χ1v) is 4.71. The second-order valence-electron chi connectivity index (χ2n) is 3.78. The van der Waals surface area contributed by atoms with Crippen molar-refractivity contribution in [2.45, 2.75) is 18.3 Å². The lowest BCUT2D eigenvalue weighted by Gasteiger charge is -2.13. The Morgan fingerprint density at radius 2 is 2.00 bits per heavy atom. The van der Waals surface area contributed by atoms with E-state index in [1.165, 1.54) is 19.2 Å². The highest BCUT2D eigenvalue weighted by atomic mass is 16.5. The summed E-state index contributed by atoms with van der Waals surface area (Å²) in [6, 6.07) is 4.44. The molecule has 1 fully saturated rings. The minimum Gasteiger partial charge on any atom is -0.504 e. The van der Waals surface area contributed by atoms with Crippen molar-refractivity contribution in [1.82, 2.24) is 0 Å². The number of carbonyl (C=O) groups is 1. The Morgan fingerprint density at radius 3 is 2.47 bits per heavy atom. The summed E-state index contributed by atoms with van der Waals surface area (Å²) in [4.78, 5) is 11.5. The highest BCUT2D eigenvalue weighted by Gasteiger charge is 2.52. The maximum absolute atomic E-state index is 11.5. The van der Waals surface area contributed by atoms with Gasteiger partial charge in [0.1, 0.15) is 0 Å². The van der Waals surface area contributed by atoms with Gasteiger partial charge in [-0.05, 0) is 30.5 Å². The maximum Gasteiger partial charge on any atom is 0.316 e. The van der Waals surface area contributed by atoms with Crippen molar-refractivity contribution in [1.29, 1.82) is 0 Å². The molecule has 2 N–H and O–H groups in total. The van der Waals surface area contributed by atoms with Crippen LogP contribution in [0.2, 0.25) is 0 Å². The first kappa shape index (κ1) is 9.83. The summed E-state index contributed by atoms with van der Waals surface area (Å²) < 4.78 is 4.72. The summed E-state index contributed by atoms with van der Waals surface area (Å²) in [5.41, 5.74) is 0.101. The standard InChI is InChI=1S/C11H12O4/c1-15-10(14)11(4-5-11)7-2-3-8(12)9(13)6-7/h2-3,6,12-13H,4-5H2,1H3. The van der Waals surface area contributed by atoms with Gasteiger partial charge in [0.05, 0.1) is 12.5 Å². The highest BCUT2D eigenvalue weighted by Crippen LogP contribution is 2.50. The molecule has 1 aliphatic rings. The fourth-order valence-corrected chi connectivity index (χ4v) is 1.75. The van der Waals surface area contributed by atoms with Crippen LogP contribution in [-0.4, -0.2) is 23.3 Å². The number of phenolic OH excluding ortho intramolecular Hbond substituents is 2. The van der Waals surface area contributed by atoms with Gasteiger partial charge in [-0.2, -0.15) is 0 Å². The molecule has 1 aromatic rings. The van der Waals surface area contributed by atoms with Crippen LogP contribution in [0.4, 0.5) is 0 Å². The Kier molecular flexibility index (Phi) is 2.07. The van der Waals surface area contributed by atoms with E-state index in [-0.39, 0.29) is 17.5 Å². The smallest absolute Gasteiger partial charge is 0.316 e. The van der Waals surface area contributed by atoms with E-state index >= 15 is 0 Å². The lowest BCUT2D eigenvalue weighted by atomic mass is 9.96. The Labute approximate surface area is 87.1 Å². The van der Waals surface area contributed by atoms with E-state index < -0.39 is 5.41 Å². The molecule has 0 radical (unpaired) electrons. The van der Waals surface area contributed by atoms with Gasteiger partial charge in [-0.1, -0.05) is 6.07 Å². The molecular weight excluding hydrogens is 196 g/mol. The SMILES string of the molecule is COC(=O)C1(c2ccc(O)c(O)c2)CC1. The maximum atomic E-state index is 11.5. The fourth-order valence-electron chi connectivity index (χ4n) is 1.75. The normalized spacial score (nSPS) is 17.1. The lowest BCUT2D eigenvalue weighted by molar-refractivity contribution is -0.143. The molecular formula is C11H12O4. The van der Waals surface area contributed by atoms with Crippen LogP contribution in [0.1, 0.15) is 18.4 Å². The number of hydrogen-bond donors (Lipinski definition) is 2. The summed E-state index contributed by atoms with van der Waals surface area (Å²) in [6.07, 6.45) is 1.45. The Bertz CT molecular complexity index is 407. The van der Waals surface area contributed by atoms with Crippen molar-refractivity contribution in [3.05, 3.63) is 23.8 Å². The third-order valence-electron chi connectivity index (χ3n) is 2.85. The molecule has 4 nitrogen and oxygen atoms in total. The number of methoxy groups -OCH3 is 1. The van der Waals surface area contributed by atoms with Gasteiger partial charge >= 0.3 is 5.97 Å². The molecule has 0 atom stereocenters. The molecule has 0 bridgehead atoms. The lowest BCUT2D eigenvalue weighted by Crippen LogP contribution is -2.21. The minimum atomic E-state index is -0.597. The number of ether oxygens (including phenoxy) is 1. The van der Waals surface area contributed by atoms with Crippen LogP contribution < -0.4 is 0 Å². The zero-order valence-electron chi connectivity index (χ0n) is 8.36. The molecule has 0 aliphatic heterocycles. The molecule has 15 heavy (non-hydrogen) atoms. The number of aromatic hydroxyl groups is 2. The Hall–Kier alpha value is -1.71. The summed E-state index contributed by atoms with van der Waals surface area (Å²) in [7, 11) is 1.35. The van der Waals surface area contributed by atoms with Gasteiger partial charge in [0, 0.05) is 0 Å². The highest BCUT2D eigenvalue weighted by molar-refractivity contribution is 5.86. The molecule has 0 aromatic heterocycles. The van der Waals surface area contributed by atoms with Crippen LogP contribution in [0.5, 0.6) is 11.5 Å². The molecule has 0 heterocycles. The average molecular weight is 208 g/mol. The molecule has 0 spiro atoms. The number of rotatable bonds is 2. The second-order valence-corrected chi connectivity index (χ2v) is 3.78. The quantitative estimate of drug-likeness (QED) is 0.568. The number of phenols is 2. The number of benzene rings is 1. The van der Waals surface area contributed by atoms with E-state index in [4.69, 9.17) is 9.84 Å². The topological polar surface area (TPSA) is 66.8 Å². The van der Waals surface area contributed by atoms with Crippen molar-refractivity contribution >= 4 is 5.97 Å². The van der Waals surface area contributed by atoms with Gasteiger partial charge in [-0.3, -0.25) is 4.79 Å². The first-order valence-electron chi connectivity index (χ1n) is 4.71. The molecule has 2 rings (SSSR count). The van der Waals surface area contributed by atoms with Crippen LogP contribution in [-0.2, 0) is 14.9 Å². The number of esters is 1. The van der Waals surface area contributed by atoms with Gasteiger partial charge in [0.15, 0.2) is 11.5 Å². The first-order chi connectivity index (χ1) is 7.10. The Morgan fingerprint density at radius 1 is 1.33 bits per heavy atom. The van der Waals surface area contributed by atoms with E-state index in [9.17, 15) is 9.90 Å². The fraction of sp³-hybridized carbons (Fsp3) is 0.364. The summed E-state index contributed by atoms with van der Waals surface area (Å²) in [5, 5.41) is 18.5. The van der Waals surface area contributed by atoms with Gasteiger partial charge in [0.2, 0.25) is 0 Å². The average Bonchev–Trinajstić information content (AvgIpc) is 3.02. The molecule has 4 heteroatoms. The molecule has 1 aromatic carbocycles. The van der Waals surface area contributed by atoms with Crippen LogP contribution in [0.3, 0.4) is 0 Å². The molecule has 1 aliphatic carbocycles. The molecule has 80 valence electrons. The predicted molar refractivity (Wildman–Crippen MR) is 52.7 cm³/mol. The van der Waals surface area contributed by atoms with Crippen molar-refractivity contribution in [3.63, 3.8) is 0 Å². The third-order valence-corrected chi connectivity index (χ3v) is 2.85. The van der Waals surface area contributed by atoms with Crippen LogP contribution in [0.25, 0.3) is 0 Å². The van der Waals surface area contributed by atoms with Gasteiger partial charge in [0.25, 0.3) is 0 Å². The monoisotopic (exact) mass is 208 g/mol. The van der Waals surface area contributed by atoms with Gasteiger partial charge in [-0.25, -0.2) is 0 Å². The zero-order chi connectivity index (χ0) is 11.1. The Balaban J connectivity index is 2.38. The van der Waals surface area contributed by atoms with Gasteiger partial charge < -0.3 is 14.9 Å². The van der Waals surface area contributed by atoms with Crippen molar-refractivity contribution in [2.24, 2.45) is 0 Å². The van der Waals surface area contributed by atoms with Crippen molar-refractivity contribution in [2.75, 3.05) is 7.11 Å². The van der Waals surface area contributed by atoms with E-state index in [0.717, 1.165) is 12.8 Å². The summed E-state index contributed by atoms with van der Waals surface area (Å²) >= 11 is 0. The van der Waals surface area contributed by atoms with Crippen LogP contribution >= 0.6 is 0 Å². The van der Waals surface area contributed by atoms with Crippen molar-refractivity contribution in [3.8, 4) is 11.5 Å². The predicted octanol–water partition coefficient (Wildman–Crippen LogP) is 1.30. The van der Waals surface area contributed by atoms with Crippen LogP contribution in [0.15, 0.2) is 18.2 Å². The minimum absolute atomic E-state index is 0.181. The van der Waals surface area contributed by atoms with E-state index in [1.54, 1.807) is 6.07 Å². The zero-order valence-corrected chi connectivity index (χ0v) is 8.36.